The summed E-state index contributed by atoms with van der Waals surface area (Å²) in [5.74, 6) is 2.07. The molecule has 144 valence electrons. The molecule has 0 bridgehead atoms. The van der Waals surface area contributed by atoms with Gasteiger partial charge in [-0.15, -0.1) is 0 Å². The van der Waals surface area contributed by atoms with Gasteiger partial charge < -0.3 is 19.4 Å². The molecular weight excluding hydrogens is 328 g/mol. The van der Waals surface area contributed by atoms with Crippen molar-refractivity contribution in [1.82, 2.24) is 15.1 Å². The predicted molar refractivity (Wildman–Crippen MR) is 102 cm³/mol. The van der Waals surface area contributed by atoms with E-state index in [4.69, 9.17) is 9.15 Å². The summed E-state index contributed by atoms with van der Waals surface area (Å²) in [7, 11) is 1.89. The fraction of sp³-hybridized carbons (Fsp3) is 0.750. The second kappa shape index (κ2) is 8.01. The van der Waals surface area contributed by atoms with Crippen molar-refractivity contribution in [3.05, 3.63) is 24.2 Å². The smallest absolute Gasteiger partial charge is 0.193 e. The van der Waals surface area contributed by atoms with E-state index in [1.54, 1.807) is 6.26 Å². The van der Waals surface area contributed by atoms with Crippen LogP contribution >= 0.6 is 0 Å². The lowest BCUT2D eigenvalue weighted by Gasteiger charge is -2.34. The van der Waals surface area contributed by atoms with E-state index in [1.165, 1.54) is 32.1 Å². The third kappa shape index (κ3) is 3.76. The largest absolute Gasteiger partial charge is 0.468 e. The van der Waals surface area contributed by atoms with Gasteiger partial charge in [0.25, 0.3) is 0 Å². The number of ether oxygens (including phenoxy) is 1. The fourth-order valence-corrected chi connectivity index (χ4v) is 4.73. The lowest BCUT2D eigenvalue weighted by atomic mass is 9.87. The van der Waals surface area contributed by atoms with Gasteiger partial charge >= 0.3 is 0 Å². The lowest BCUT2D eigenvalue weighted by molar-refractivity contribution is 0.145. The second-order valence-corrected chi connectivity index (χ2v) is 8.03. The van der Waals surface area contributed by atoms with Crippen molar-refractivity contribution in [3.63, 3.8) is 0 Å². The zero-order chi connectivity index (χ0) is 17.8. The molecule has 3 fully saturated rings. The standard InChI is InChI=1S/C20H32N4O2/c1-21-19(24-11-7-20(15-24)8-13-25-16-20)22-14-17(18-6-5-12-26-18)23-9-3-2-4-10-23/h5-6,12,17H,2-4,7-11,13-16H2,1H3,(H,21,22). The van der Waals surface area contributed by atoms with Crippen LogP contribution in [0.3, 0.4) is 0 Å². The summed E-state index contributed by atoms with van der Waals surface area (Å²) in [5.41, 5.74) is 0.352. The van der Waals surface area contributed by atoms with E-state index in [-0.39, 0.29) is 6.04 Å². The van der Waals surface area contributed by atoms with Gasteiger partial charge in [-0.3, -0.25) is 9.89 Å². The monoisotopic (exact) mass is 360 g/mol. The quantitative estimate of drug-likeness (QED) is 0.660. The highest BCUT2D eigenvalue weighted by Gasteiger charge is 2.42. The van der Waals surface area contributed by atoms with Crippen molar-refractivity contribution in [2.24, 2.45) is 10.4 Å². The SMILES string of the molecule is CN=C(NCC(c1ccco1)N1CCCCC1)N1CCC2(CCOC2)C1. The first-order chi connectivity index (χ1) is 12.8. The van der Waals surface area contributed by atoms with E-state index in [0.29, 0.717) is 5.41 Å². The normalized spacial score (nSPS) is 28.8. The van der Waals surface area contributed by atoms with Gasteiger partial charge in [-0.05, 0) is 50.9 Å². The molecule has 4 heterocycles. The molecule has 2 atom stereocenters. The molecule has 0 aromatic carbocycles. The average Bonchev–Trinajstić information content (AvgIpc) is 3.44. The summed E-state index contributed by atoms with van der Waals surface area (Å²) in [4.78, 5) is 9.53. The van der Waals surface area contributed by atoms with E-state index in [9.17, 15) is 0 Å². The Kier molecular flexibility index (Phi) is 5.50. The van der Waals surface area contributed by atoms with Crippen LogP contribution in [-0.2, 0) is 4.74 Å². The van der Waals surface area contributed by atoms with Gasteiger partial charge in [0.2, 0.25) is 0 Å². The Labute approximate surface area is 156 Å². The number of guanidine groups is 1. The van der Waals surface area contributed by atoms with Crippen LogP contribution in [0.4, 0.5) is 0 Å². The van der Waals surface area contributed by atoms with Crippen molar-refractivity contribution < 1.29 is 9.15 Å². The second-order valence-electron chi connectivity index (χ2n) is 8.03. The van der Waals surface area contributed by atoms with Crippen molar-refractivity contribution in [3.8, 4) is 0 Å². The predicted octanol–water partition coefficient (Wildman–Crippen LogP) is 2.49. The van der Waals surface area contributed by atoms with Gasteiger partial charge in [0.05, 0.1) is 18.9 Å². The molecule has 26 heavy (non-hydrogen) atoms. The van der Waals surface area contributed by atoms with Crippen LogP contribution in [0.2, 0.25) is 0 Å². The van der Waals surface area contributed by atoms with Gasteiger partial charge in [0.1, 0.15) is 5.76 Å². The Morgan fingerprint density at radius 3 is 2.85 bits per heavy atom. The first kappa shape index (κ1) is 17.9. The molecule has 1 spiro atoms. The summed E-state index contributed by atoms with van der Waals surface area (Å²) < 4.78 is 11.4. The van der Waals surface area contributed by atoms with Crippen LogP contribution in [0.25, 0.3) is 0 Å². The highest BCUT2D eigenvalue weighted by molar-refractivity contribution is 5.80. The molecule has 0 saturated carbocycles. The third-order valence-corrected chi connectivity index (χ3v) is 6.29. The van der Waals surface area contributed by atoms with Crippen molar-refractivity contribution in [2.45, 2.75) is 38.1 Å². The topological polar surface area (TPSA) is 53.2 Å². The molecular formula is C20H32N4O2. The maximum atomic E-state index is 5.76. The minimum Gasteiger partial charge on any atom is -0.468 e. The number of nitrogens with one attached hydrogen (secondary N) is 1. The number of aliphatic imine (C=N–C) groups is 1. The van der Waals surface area contributed by atoms with Crippen molar-refractivity contribution in [2.75, 3.05) is 53.0 Å². The van der Waals surface area contributed by atoms with Crippen LogP contribution in [0.15, 0.2) is 27.8 Å². The molecule has 0 radical (unpaired) electrons. The molecule has 3 aliphatic rings. The maximum Gasteiger partial charge on any atom is 0.193 e. The zero-order valence-electron chi connectivity index (χ0n) is 16.0. The molecule has 3 aliphatic heterocycles. The zero-order valence-corrected chi connectivity index (χ0v) is 16.0. The van der Waals surface area contributed by atoms with Crippen LogP contribution in [0.5, 0.6) is 0 Å². The van der Waals surface area contributed by atoms with E-state index in [2.05, 4.69) is 26.2 Å². The summed E-state index contributed by atoms with van der Waals surface area (Å²) >= 11 is 0. The number of hydrogen-bond acceptors (Lipinski definition) is 4. The fourth-order valence-electron chi connectivity index (χ4n) is 4.73. The molecule has 1 aromatic heterocycles. The Morgan fingerprint density at radius 1 is 1.27 bits per heavy atom. The highest BCUT2D eigenvalue weighted by atomic mass is 16.5. The molecule has 4 rings (SSSR count). The van der Waals surface area contributed by atoms with E-state index >= 15 is 0 Å². The first-order valence-electron chi connectivity index (χ1n) is 10.1. The number of furan rings is 1. The van der Waals surface area contributed by atoms with Gasteiger partial charge in [0.15, 0.2) is 5.96 Å². The molecule has 1 N–H and O–H groups in total. The minimum atomic E-state index is 0.272. The number of rotatable bonds is 4. The van der Waals surface area contributed by atoms with Gasteiger partial charge in [-0.25, -0.2) is 0 Å². The van der Waals surface area contributed by atoms with Crippen LogP contribution < -0.4 is 5.32 Å². The minimum absolute atomic E-state index is 0.272. The Hall–Kier alpha value is -1.53. The Morgan fingerprint density at radius 2 is 2.15 bits per heavy atom. The first-order valence-corrected chi connectivity index (χ1v) is 10.1. The van der Waals surface area contributed by atoms with Gasteiger partial charge in [-0.2, -0.15) is 0 Å². The van der Waals surface area contributed by atoms with Gasteiger partial charge in [0, 0.05) is 38.7 Å². The Bertz CT molecular complexity index is 589. The van der Waals surface area contributed by atoms with Crippen LogP contribution in [0, 0.1) is 5.41 Å². The lowest BCUT2D eigenvalue weighted by Crippen LogP contribution is -2.46. The molecule has 0 aliphatic carbocycles. The summed E-state index contributed by atoms with van der Waals surface area (Å²) in [6.07, 6.45) is 8.08. The summed E-state index contributed by atoms with van der Waals surface area (Å²) in [6, 6.07) is 4.36. The highest BCUT2D eigenvalue weighted by Crippen LogP contribution is 2.38. The number of likely N-dealkylation sites (tertiary alicyclic amines) is 2. The van der Waals surface area contributed by atoms with Crippen molar-refractivity contribution >= 4 is 5.96 Å². The summed E-state index contributed by atoms with van der Waals surface area (Å²) in [6.45, 7) is 7.07. The molecule has 6 nitrogen and oxygen atoms in total. The molecule has 0 amide bonds. The van der Waals surface area contributed by atoms with Gasteiger partial charge in [-0.1, -0.05) is 6.42 Å². The number of piperidine rings is 1. The number of hydrogen-bond donors (Lipinski definition) is 1. The molecule has 1 aromatic rings. The van der Waals surface area contributed by atoms with E-state index < -0.39 is 0 Å². The molecule has 2 unspecified atom stereocenters. The van der Waals surface area contributed by atoms with Crippen LogP contribution in [0.1, 0.15) is 43.9 Å². The van der Waals surface area contributed by atoms with E-state index in [0.717, 1.165) is 57.7 Å². The van der Waals surface area contributed by atoms with E-state index in [1.807, 2.05) is 13.1 Å². The molecule has 6 heteroatoms. The Balaban J connectivity index is 1.39. The maximum absolute atomic E-state index is 5.76. The molecule has 3 saturated heterocycles. The van der Waals surface area contributed by atoms with Crippen LogP contribution in [-0.4, -0.2) is 68.7 Å². The van der Waals surface area contributed by atoms with Crippen molar-refractivity contribution in [1.29, 1.82) is 0 Å². The number of nitrogens with zero attached hydrogens (tertiary/aromatic N) is 3. The average molecular weight is 361 g/mol. The summed E-state index contributed by atoms with van der Waals surface area (Å²) in [5, 5.41) is 3.64. The third-order valence-electron chi connectivity index (χ3n) is 6.29.